The average Bonchev–Trinajstić information content (AvgIpc) is 2.90. The molecule has 0 saturated carbocycles. The number of halogens is 3. The molecule has 0 atom stereocenters. The molecule has 0 amide bonds. The van der Waals surface area contributed by atoms with E-state index < -0.39 is 11.7 Å². The van der Waals surface area contributed by atoms with E-state index in [2.05, 4.69) is 34.3 Å². The summed E-state index contributed by atoms with van der Waals surface area (Å²) in [6, 6.07) is 17.7. The standard InChI is InChI=1S/C29H30F3N5/c1-20-12-16-37(17-13-20)19-26-35-25-18-22(27-24(29(30,31)32)8-5-14-33-27)9-10-23(25)28(36-26)34-15-11-21-6-3-2-4-7-21/h2-10,14,18,20H,11-13,15-17,19H2,1H3,(H,34,35,36). The quantitative estimate of drug-likeness (QED) is 0.307. The molecule has 5 rings (SSSR count). The molecule has 2 aromatic carbocycles. The van der Waals surface area contributed by atoms with Gasteiger partial charge in [-0.25, -0.2) is 9.97 Å². The van der Waals surface area contributed by atoms with Crippen LogP contribution in [0.1, 0.15) is 36.7 Å². The summed E-state index contributed by atoms with van der Waals surface area (Å²) in [7, 11) is 0. The highest BCUT2D eigenvalue weighted by Crippen LogP contribution is 2.37. The lowest BCUT2D eigenvalue weighted by atomic mass is 9.99. The Morgan fingerprint density at radius 2 is 1.76 bits per heavy atom. The molecule has 0 radical (unpaired) electrons. The second-order valence-electron chi connectivity index (χ2n) is 9.74. The lowest BCUT2D eigenvalue weighted by molar-refractivity contribution is -0.137. The summed E-state index contributed by atoms with van der Waals surface area (Å²) in [6.45, 7) is 5.53. The molecule has 37 heavy (non-hydrogen) atoms. The minimum atomic E-state index is -4.50. The van der Waals surface area contributed by atoms with E-state index in [4.69, 9.17) is 9.97 Å². The maximum atomic E-state index is 13.7. The van der Waals surface area contributed by atoms with Crippen molar-refractivity contribution in [3.05, 3.63) is 83.8 Å². The molecular weight excluding hydrogens is 475 g/mol. The highest BCUT2D eigenvalue weighted by molar-refractivity contribution is 5.92. The Hall–Kier alpha value is -3.52. The largest absolute Gasteiger partial charge is 0.418 e. The van der Waals surface area contributed by atoms with E-state index >= 15 is 0 Å². The molecule has 8 heteroatoms. The normalized spacial score (nSPS) is 15.2. The van der Waals surface area contributed by atoms with Crippen molar-refractivity contribution in [3.63, 3.8) is 0 Å². The zero-order valence-electron chi connectivity index (χ0n) is 20.8. The first-order chi connectivity index (χ1) is 17.9. The van der Waals surface area contributed by atoms with Crippen LogP contribution >= 0.6 is 0 Å². The number of nitrogens with zero attached hydrogens (tertiary/aromatic N) is 4. The number of nitrogens with one attached hydrogen (secondary N) is 1. The van der Waals surface area contributed by atoms with Gasteiger partial charge in [0, 0.05) is 23.7 Å². The average molecular weight is 506 g/mol. The number of pyridine rings is 1. The fourth-order valence-electron chi connectivity index (χ4n) is 4.78. The molecule has 1 aliphatic rings. The molecule has 5 nitrogen and oxygen atoms in total. The van der Waals surface area contributed by atoms with Gasteiger partial charge >= 0.3 is 6.18 Å². The molecule has 0 aliphatic carbocycles. The van der Waals surface area contributed by atoms with Gasteiger partial charge in [0.15, 0.2) is 0 Å². The van der Waals surface area contributed by atoms with E-state index in [0.29, 0.717) is 41.7 Å². The number of fused-ring (bicyclic) bond motifs is 1. The maximum absolute atomic E-state index is 13.7. The number of hydrogen-bond donors (Lipinski definition) is 1. The minimum Gasteiger partial charge on any atom is -0.369 e. The van der Waals surface area contributed by atoms with E-state index in [-0.39, 0.29) is 5.69 Å². The third-order valence-electron chi connectivity index (χ3n) is 6.92. The first-order valence-corrected chi connectivity index (χ1v) is 12.7. The van der Waals surface area contributed by atoms with Gasteiger partial charge in [-0.15, -0.1) is 0 Å². The van der Waals surface area contributed by atoms with Crippen LogP contribution in [-0.2, 0) is 19.1 Å². The van der Waals surface area contributed by atoms with Gasteiger partial charge in [0.05, 0.1) is 23.3 Å². The van der Waals surface area contributed by atoms with Gasteiger partial charge in [-0.2, -0.15) is 13.2 Å². The first-order valence-electron chi connectivity index (χ1n) is 12.7. The monoisotopic (exact) mass is 505 g/mol. The maximum Gasteiger partial charge on any atom is 0.418 e. The van der Waals surface area contributed by atoms with Crippen molar-refractivity contribution in [2.45, 2.75) is 38.9 Å². The van der Waals surface area contributed by atoms with Crippen LogP contribution in [0.4, 0.5) is 19.0 Å². The number of likely N-dealkylation sites (tertiary alicyclic amines) is 1. The third-order valence-corrected chi connectivity index (χ3v) is 6.92. The summed E-state index contributed by atoms with van der Waals surface area (Å²) >= 11 is 0. The molecule has 3 heterocycles. The van der Waals surface area contributed by atoms with Gasteiger partial charge in [-0.1, -0.05) is 43.3 Å². The van der Waals surface area contributed by atoms with Crippen molar-refractivity contribution >= 4 is 16.7 Å². The number of aromatic nitrogens is 3. The number of anilines is 1. The van der Waals surface area contributed by atoms with Crippen molar-refractivity contribution in [2.75, 3.05) is 25.0 Å². The fourth-order valence-corrected chi connectivity index (χ4v) is 4.78. The Bertz CT molecular complexity index is 1350. The minimum absolute atomic E-state index is 0.0966. The molecule has 1 saturated heterocycles. The summed E-state index contributed by atoms with van der Waals surface area (Å²) in [5.41, 5.74) is 1.35. The van der Waals surface area contributed by atoms with Gasteiger partial charge in [-0.05, 0) is 68.1 Å². The molecule has 2 aromatic heterocycles. The molecule has 0 bridgehead atoms. The second kappa shape index (κ2) is 10.8. The molecule has 1 N–H and O–H groups in total. The Kier molecular flexibility index (Phi) is 7.37. The van der Waals surface area contributed by atoms with Gasteiger partial charge in [0.2, 0.25) is 0 Å². The Labute approximate surface area is 214 Å². The van der Waals surface area contributed by atoms with Crippen LogP contribution in [-0.4, -0.2) is 39.5 Å². The SMILES string of the molecule is CC1CCN(Cc2nc(NCCc3ccccc3)c3ccc(-c4ncccc4C(F)(F)F)cc3n2)CC1. The first kappa shape index (κ1) is 25.1. The van der Waals surface area contributed by atoms with E-state index in [9.17, 15) is 13.2 Å². The van der Waals surface area contributed by atoms with E-state index in [0.717, 1.165) is 43.8 Å². The van der Waals surface area contributed by atoms with Gasteiger partial charge in [-0.3, -0.25) is 9.88 Å². The lowest BCUT2D eigenvalue weighted by Gasteiger charge is -2.29. The van der Waals surface area contributed by atoms with E-state index in [1.807, 2.05) is 18.2 Å². The summed E-state index contributed by atoms with van der Waals surface area (Å²) in [5, 5.41) is 4.23. The van der Waals surface area contributed by atoms with E-state index in [1.54, 1.807) is 18.2 Å². The van der Waals surface area contributed by atoms with Crippen molar-refractivity contribution in [2.24, 2.45) is 5.92 Å². The highest BCUT2D eigenvalue weighted by atomic mass is 19.4. The van der Waals surface area contributed by atoms with Crippen LogP contribution in [0.3, 0.4) is 0 Å². The molecule has 192 valence electrons. The van der Waals surface area contributed by atoms with Gasteiger partial charge in [0.1, 0.15) is 11.6 Å². The predicted molar refractivity (Wildman–Crippen MR) is 140 cm³/mol. The Morgan fingerprint density at radius 1 is 0.973 bits per heavy atom. The molecule has 1 aliphatic heterocycles. The lowest BCUT2D eigenvalue weighted by Crippen LogP contribution is -2.33. The van der Waals surface area contributed by atoms with E-state index in [1.165, 1.54) is 17.8 Å². The zero-order chi connectivity index (χ0) is 25.8. The van der Waals surface area contributed by atoms with Crippen molar-refractivity contribution in [3.8, 4) is 11.3 Å². The summed E-state index contributed by atoms with van der Waals surface area (Å²) in [4.78, 5) is 16.0. The van der Waals surface area contributed by atoms with Crippen LogP contribution in [0.15, 0.2) is 66.9 Å². The number of piperidine rings is 1. The summed E-state index contributed by atoms with van der Waals surface area (Å²) < 4.78 is 41.0. The molecule has 4 aromatic rings. The van der Waals surface area contributed by atoms with Crippen molar-refractivity contribution in [1.29, 1.82) is 0 Å². The van der Waals surface area contributed by atoms with Crippen LogP contribution in [0.25, 0.3) is 22.2 Å². The Morgan fingerprint density at radius 3 is 2.51 bits per heavy atom. The second-order valence-corrected chi connectivity index (χ2v) is 9.74. The van der Waals surface area contributed by atoms with Crippen molar-refractivity contribution in [1.82, 2.24) is 19.9 Å². The highest BCUT2D eigenvalue weighted by Gasteiger charge is 2.34. The predicted octanol–water partition coefficient (Wildman–Crippen LogP) is 6.60. The van der Waals surface area contributed by atoms with Gasteiger partial charge < -0.3 is 5.32 Å². The van der Waals surface area contributed by atoms with Crippen LogP contribution < -0.4 is 5.32 Å². The molecule has 1 fully saturated rings. The fraction of sp³-hybridized carbons (Fsp3) is 0.345. The number of alkyl halides is 3. The number of benzene rings is 2. The Balaban J connectivity index is 1.49. The molecule has 0 unspecified atom stereocenters. The zero-order valence-corrected chi connectivity index (χ0v) is 20.8. The van der Waals surface area contributed by atoms with Crippen LogP contribution in [0.2, 0.25) is 0 Å². The molecule has 0 spiro atoms. The van der Waals surface area contributed by atoms with Crippen LogP contribution in [0, 0.1) is 5.92 Å². The van der Waals surface area contributed by atoms with Gasteiger partial charge in [0.25, 0.3) is 0 Å². The van der Waals surface area contributed by atoms with Crippen molar-refractivity contribution < 1.29 is 13.2 Å². The summed E-state index contributed by atoms with van der Waals surface area (Å²) in [6.07, 6.45) is -0.00864. The van der Waals surface area contributed by atoms with Crippen LogP contribution in [0.5, 0.6) is 0 Å². The molecular formula is C29H30F3N5. The number of hydrogen-bond acceptors (Lipinski definition) is 5. The third kappa shape index (κ3) is 6.07. The number of rotatable bonds is 7. The smallest absolute Gasteiger partial charge is 0.369 e. The summed E-state index contributed by atoms with van der Waals surface area (Å²) in [5.74, 6) is 2.08. The topological polar surface area (TPSA) is 53.9 Å².